The third-order valence-electron chi connectivity index (χ3n) is 5.60. The molecular weight excluding hydrogens is 346 g/mol. The van der Waals surface area contributed by atoms with E-state index in [1.54, 1.807) is 0 Å². The first-order valence-corrected chi connectivity index (χ1v) is 10.9. The number of nitrogens with one attached hydrogen (secondary N) is 1. The number of hydrogen-bond donors (Lipinski definition) is 1. The molecule has 23 heavy (non-hydrogen) atoms. The molecule has 2 saturated carbocycles. The standard InChI is InChI=1S/C18H22ClNOS2/c19-15-4-6-16(7-5-15)20-17(21)12-10-13-2-1-3-14(11-12)18(13)22-8-9-23-18/h4-7,12-14H,1-3,8-11H2,(H,20,21)/t13-,14-/m1/s1. The average molecular weight is 368 g/mol. The lowest BCUT2D eigenvalue weighted by Gasteiger charge is -2.52. The van der Waals surface area contributed by atoms with E-state index in [2.05, 4.69) is 28.8 Å². The van der Waals surface area contributed by atoms with Gasteiger partial charge in [-0.1, -0.05) is 18.0 Å². The topological polar surface area (TPSA) is 29.1 Å². The van der Waals surface area contributed by atoms with Crippen LogP contribution >= 0.6 is 35.1 Å². The van der Waals surface area contributed by atoms with Crippen LogP contribution in [-0.4, -0.2) is 21.5 Å². The van der Waals surface area contributed by atoms with Gasteiger partial charge in [-0.2, -0.15) is 0 Å². The highest BCUT2D eigenvalue weighted by Crippen LogP contribution is 2.64. The minimum absolute atomic E-state index is 0.174. The molecule has 4 rings (SSSR count). The molecule has 1 saturated heterocycles. The average Bonchev–Trinajstić information content (AvgIpc) is 2.99. The fraction of sp³-hybridized carbons (Fsp3) is 0.611. The summed E-state index contributed by atoms with van der Waals surface area (Å²) in [5.74, 6) is 4.39. The molecule has 1 aliphatic heterocycles. The maximum absolute atomic E-state index is 12.7. The highest BCUT2D eigenvalue weighted by molar-refractivity contribution is 8.21. The first kappa shape index (κ1) is 16.2. The van der Waals surface area contributed by atoms with Crippen molar-refractivity contribution in [3.63, 3.8) is 0 Å². The van der Waals surface area contributed by atoms with Crippen molar-refractivity contribution in [2.75, 3.05) is 16.8 Å². The van der Waals surface area contributed by atoms with E-state index in [9.17, 15) is 4.79 Å². The highest BCUT2D eigenvalue weighted by atomic mass is 35.5. The smallest absolute Gasteiger partial charge is 0.227 e. The fourth-order valence-corrected chi connectivity index (χ4v) is 8.66. The third kappa shape index (κ3) is 3.03. The molecule has 2 atom stereocenters. The molecular formula is C18H22ClNOS2. The van der Waals surface area contributed by atoms with Gasteiger partial charge in [0.25, 0.3) is 0 Å². The van der Waals surface area contributed by atoms with Crippen LogP contribution in [0, 0.1) is 17.8 Å². The maximum atomic E-state index is 12.7. The summed E-state index contributed by atoms with van der Waals surface area (Å²) >= 11 is 10.3. The summed E-state index contributed by atoms with van der Waals surface area (Å²) in [6, 6.07) is 7.42. The van der Waals surface area contributed by atoms with E-state index in [-0.39, 0.29) is 11.8 Å². The number of anilines is 1. The van der Waals surface area contributed by atoms with Gasteiger partial charge in [-0.15, -0.1) is 23.5 Å². The van der Waals surface area contributed by atoms with Crippen LogP contribution in [0.15, 0.2) is 24.3 Å². The number of hydrogen-bond acceptors (Lipinski definition) is 3. The molecule has 124 valence electrons. The molecule has 2 aliphatic carbocycles. The Morgan fingerprint density at radius 1 is 1.09 bits per heavy atom. The predicted octanol–water partition coefficient (Wildman–Crippen LogP) is 5.28. The number of amides is 1. The Labute approximate surface area is 151 Å². The van der Waals surface area contributed by atoms with Gasteiger partial charge in [0.05, 0.1) is 4.08 Å². The molecule has 0 unspecified atom stereocenters. The van der Waals surface area contributed by atoms with Crippen molar-refractivity contribution in [3.05, 3.63) is 29.3 Å². The second-order valence-corrected chi connectivity index (χ2v) is 10.3. The van der Waals surface area contributed by atoms with Gasteiger partial charge in [-0.05, 0) is 61.8 Å². The van der Waals surface area contributed by atoms with E-state index < -0.39 is 0 Å². The summed E-state index contributed by atoms with van der Waals surface area (Å²) in [7, 11) is 0. The Morgan fingerprint density at radius 2 is 1.70 bits per heavy atom. The Balaban J connectivity index is 1.46. The molecule has 1 spiro atoms. The zero-order valence-electron chi connectivity index (χ0n) is 13.1. The Bertz CT molecular complexity index is 569. The lowest BCUT2D eigenvalue weighted by Crippen LogP contribution is -2.48. The Kier molecular flexibility index (Phi) is 4.59. The van der Waals surface area contributed by atoms with Gasteiger partial charge in [0.2, 0.25) is 5.91 Å². The van der Waals surface area contributed by atoms with Crippen LogP contribution in [0.3, 0.4) is 0 Å². The van der Waals surface area contributed by atoms with Crippen LogP contribution in [0.2, 0.25) is 5.02 Å². The van der Waals surface area contributed by atoms with Gasteiger partial charge in [-0.3, -0.25) is 4.79 Å². The fourth-order valence-electron chi connectivity index (χ4n) is 4.60. The third-order valence-corrected chi connectivity index (χ3v) is 9.87. The number of carbonyl (C=O) groups is 1. The van der Waals surface area contributed by atoms with Crippen molar-refractivity contribution >= 4 is 46.7 Å². The van der Waals surface area contributed by atoms with Gasteiger partial charge in [0, 0.05) is 28.1 Å². The largest absolute Gasteiger partial charge is 0.326 e. The van der Waals surface area contributed by atoms with Gasteiger partial charge in [-0.25, -0.2) is 0 Å². The second kappa shape index (κ2) is 6.53. The normalized spacial score (nSPS) is 32.0. The first-order valence-electron chi connectivity index (χ1n) is 8.52. The number of carbonyl (C=O) groups excluding carboxylic acids is 1. The van der Waals surface area contributed by atoms with Crippen LogP contribution in [0.25, 0.3) is 0 Å². The van der Waals surface area contributed by atoms with E-state index >= 15 is 0 Å². The predicted molar refractivity (Wildman–Crippen MR) is 101 cm³/mol. The molecule has 1 amide bonds. The molecule has 3 fully saturated rings. The van der Waals surface area contributed by atoms with Gasteiger partial charge >= 0.3 is 0 Å². The molecule has 3 aliphatic rings. The molecule has 0 aromatic heterocycles. The summed E-state index contributed by atoms with van der Waals surface area (Å²) in [6.45, 7) is 0. The summed E-state index contributed by atoms with van der Waals surface area (Å²) in [6.07, 6.45) is 6.10. The van der Waals surface area contributed by atoms with Crippen molar-refractivity contribution in [1.29, 1.82) is 0 Å². The van der Waals surface area contributed by atoms with Crippen LogP contribution in [0.1, 0.15) is 32.1 Å². The quantitative estimate of drug-likeness (QED) is 0.770. The SMILES string of the molecule is O=C(Nc1ccc(Cl)cc1)C1C[C@H]2CCC[C@H](C1)C21SCCS1. The van der Waals surface area contributed by atoms with Gasteiger partial charge in [0.1, 0.15) is 0 Å². The Morgan fingerprint density at radius 3 is 2.30 bits per heavy atom. The number of rotatable bonds is 2. The molecule has 1 heterocycles. The monoisotopic (exact) mass is 367 g/mol. The van der Waals surface area contributed by atoms with E-state index in [0.29, 0.717) is 20.9 Å². The summed E-state index contributed by atoms with van der Waals surface area (Å²) in [5.41, 5.74) is 0.856. The lowest BCUT2D eigenvalue weighted by atomic mass is 9.67. The molecule has 0 radical (unpaired) electrons. The van der Waals surface area contributed by atoms with Gasteiger partial charge in [0.15, 0.2) is 0 Å². The lowest BCUT2D eigenvalue weighted by molar-refractivity contribution is -0.122. The minimum Gasteiger partial charge on any atom is -0.326 e. The summed E-state index contributed by atoms with van der Waals surface area (Å²) < 4.78 is 0.440. The van der Waals surface area contributed by atoms with Crippen LogP contribution < -0.4 is 5.32 Å². The summed E-state index contributed by atoms with van der Waals surface area (Å²) in [5, 5.41) is 3.80. The van der Waals surface area contributed by atoms with E-state index in [1.807, 2.05) is 24.3 Å². The van der Waals surface area contributed by atoms with E-state index in [1.165, 1.54) is 30.8 Å². The van der Waals surface area contributed by atoms with Gasteiger partial charge < -0.3 is 5.32 Å². The number of benzene rings is 1. The summed E-state index contributed by atoms with van der Waals surface area (Å²) in [4.78, 5) is 12.7. The van der Waals surface area contributed by atoms with E-state index in [0.717, 1.165) is 18.5 Å². The van der Waals surface area contributed by atoms with Crippen LogP contribution in [0.4, 0.5) is 5.69 Å². The van der Waals surface area contributed by atoms with E-state index in [4.69, 9.17) is 11.6 Å². The van der Waals surface area contributed by atoms with Crippen LogP contribution in [0.5, 0.6) is 0 Å². The van der Waals surface area contributed by atoms with Crippen molar-refractivity contribution < 1.29 is 4.79 Å². The highest BCUT2D eigenvalue weighted by Gasteiger charge is 2.55. The van der Waals surface area contributed by atoms with Crippen molar-refractivity contribution in [1.82, 2.24) is 0 Å². The molecule has 2 nitrogen and oxygen atoms in total. The Hall–Kier alpha value is -0.320. The minimum atomic E-state index is 0.174. The molecule has 1 aromatic rings. The molecule has 1 aromatic carbocycles. The molecule has 1 N–H and O–H groups in total. The first-order chi connectivity index (χ1) is 11.2. The zero-order valence-corrected chi connectivity index (χ0v) is 15.5. The number of halogens is 1. The molecule has 5 heteroatoms. The number of thioether (sulfide) groups is 2. The molecule has 2 bridgehead atoms. The van der Waals surface area contributed by atoms with Crippen LogP contribution in [-0.2, 0) is 4.79 Å². The maximum Gasteiger partial charge on any atom is 0.227 e. The second-order valence-electron chi connectivity index (χ2n) is 6.91. The van der Waals surface area contributed by atoms with Crippen molar-refractivity contribution in [2.24, 2.45) is 17.8 Å². The zero-order chi connectivity index (χ0) is 15.9. The van der Waals surface area contributed by atoms with Crippen molar-refractivity contribution in [2.45, 2.75) is 36.2 Å². The van der Waals surface area contributed by atoms with Crippen molar-refractivity contribution in [3.8, 4) is 0 Å².